The van der Waals surface area contributed by atoms with Crippen molar-refractivity contribution in [2.24, 2.45) is 0 Å². The molecule has 1 amide bonds. The van der Waals surface area contributed by atoms with Crippen molar-refractivity contribution in [3.8, 4) is 11.5 Å². The van der Waals surface area contributed by atoms with Crippen molar-refractivity contribution in [2.45, 2.75) is 6.92 Å². The van der Waals surface area contributed by atoms with Gasteiger partial charge in [0.15, 0.2) is 10.7 Å². The van der Waals surface area contributed by atoms with Gasteiger partial charge >= 0.3 is 0 Å². The maximum absolute atomic E-state index is 13.3. The number of nitrogens with one attached hydrogen (secondary N) is 2. The van der Waals surface area contributed by atoms with E-state index in [1.807, 2.05) is 25.1 Å². The van der Waals surface area contributed by atoms with Gasteiger partial charge in [0.05, 0.1) is 10.6 Å². The molecule has 30 heavy (non-hydrogen) atoms. The van der Waals surface area contributed by atoms with E-state index < -0.39 is 11.7 Å². The standard InChI is InChI=1S/C22H15ClFN3O2S/c1-12-5-7-16(17(23)9-12)21-26-18-11-15(6-8-19(18)29-21)25-22(30)27-20(28)13-3-2-4-14(24)10-13/h2-11H,1H3,(H2,25,27,28,30). The molecular weight excluding hydrogens is 425 g/mol. The average Bonchev–Trinajstić information content (AvgIpc) is 3.10. The van der Waals surface area contributed by atoms with Gasteiger partial charge in [-0.25, -0.2) is 9.37 Å². The van der Waals surface area contributed by atoms with Gasteiger partial charge in [-0.2, -0.15) is 0 Å². The molecule has 0 radical (unpaired) electrons. The Hall–Kier alpha value is -3.29. The zero-order valence-electron chi connectivity index (χ0n) is 15.7. The molecule has 5 nitrogen and oxygen atoms in total. The number of aryl methyl sites for hydroxylation is 1. The number of oxazole rings is 1. The monoisotopic (exact) mass is 439 g/mol. The fourth-order valence-corrected chi connectivity index (χ4v) is 3.41. The highest BCUT2D eigenvalue weighted by Crippen LogP contribution is 2.31. The summed E-state index contributed by atoms with van der Waals surface area (Å²) in [5.74, 6) is -0.595. The zero-order chi connectivity index (χ0) is 21.3. The number of amides is 1. The summed E-state index contributed by atoms with van der Waals surface area (Å²) < 4.78 is 19.1. The highest BCUT2D eigenvalue weighted by molar-refractivity contribution is 7.80. The largest absolute Gasteiger partial charge is 0.436 e. The minimum atomic E-state index is -0.509. The second-order valence-electron chi connectivity index (χ2n) is 6.60. The number of halogens is 2. The number of carbonyl (C=O) groups excluding carboxylic acids is 1. The molecule has 1 aromatic heterocycles. The van der Waals surface area contributed by atoms with Crippen molar-refractivity contribution in [3.63, 3.8) is 0 Å². The second-order valence-corrected chi connectivity index (χ2v) is 7.42. The molecule has 0 aliphatic rings. The molecule has 3 aromatic carbocycles. The molecule has 2 N–H and O–H groups in total. The Labute approximate surface area is 181 Å². The summed E-state index contributed by atoms with van der Waals surface area (Å²) in [7, 11) is 0. The number of thiocarbonyl (C=S) groups is 1. The van der Waals surface area contributed by atoms with Crippen LogP contribution in [0.15, 0.2) is 65.1 Å². The van der Waals surface area contributed by atoms with Crippen LogP contribution in [-0.4, -0.2) is 16.0 Å². The zero-order valence-corrected chi connectivity index (χ0v) is 17.3. The molecule has 0 fully saturated rings. The van der Waals surface area contributed by atoms with Crippen LogP contribution in [0.4, 0.5) is 10.1 Å². The van der Waals surface area contributed by atoms with Crippen molar-refractivity contribution in [1.29, 1.82) is 0 Å². The van der Waals surface area contributed by atoms with Crippen LogP contribution < -0.4 is 10.6 Å². The van der Waals surface area contributed by atoms with E-state index in [1.54, 1.807) is 18.2 Å². The van der Waals surface area contributed by atoms with Gasteiger partial charge in [-0.3, -0.25) is 10.1 Å². The normalized spacial score (nSPS) is 10.8. The molecule has 8 heteroatoms. The summed E-state index contributed by atoms with van der Waals surface area (Å²) in [5, 5.41) is 6.07. The third-order valence-electron chi connectivity index (χ3n) is 4.31. The van der Waals surface area contributed by atoms with Crippen LogP contribution in [-0.2, 0) is 0 Å². The maximum atomic E-state index is 13.3. The summed E-state index contributed by atoms with van der Waals surface area (Å²) in [4.78, 5) is 16.7. The van der Waals surface area contributed by atoms with Gasteiger partial charge in [0, 0.05) is 11.3 Å². The number of nitrogens with zero attached hydrogens (tertiary/aromatic N) is 1. The number of hydrogen-bond acceptors (Lipinski definition) is 4. The Morgan fingerprint density at radius 1 is 1.13 bits per heavy atom. The predicted octanol–water partition coefficient (Wildman–Crippen LogP) is 5.72. The fourth-order valence-electron chi connectivity index (χ4n) is 2.88. The van der Waals surface area contributed by atoms with E-state index in [0.29, 0.717) is 33.3 Å². The first-order valence-corrected chi connectivity index (χ1v) is 9.73. The summed E-state index contributed by atoms with van der Waals surface area (Å²) in [6.45, 7) is 1.95. The van der Waals surface area contributed by atoms with Gasteiger partial charge in [0.1, 0.15) is 11.3 Å². The molecule has 0 aliphatic carbocycles. The molecule has 0 saturated carbocycles. The molecule has 4 rings (SSSR count). The lowest BCUT2D eigenvalue weighted by Gasteiger charge is -2.09. The Kier molecular flexibility index (Phi) is 5.48. The topological polar surface area (TPSA) is 67.2 Å². The van der Waals surface area contributed by atoms with Crippen molar-refractivity contribution in [1.82, 2.24) is 10.3 Å². The van der Waals surface area contributed by atoms with Crippen molar-refractivity contribution in [2.75, 3.05) is 5.32 Å². The lowest BCUT2D eigenvalue weighted by atomic mass is 10.1. The van der Waals surface area contributed by atoms with E-state index in [1.165, 1.54) is 18.2 Å². The van der Waals surface area contributed by atoms with Gasteiger partial charge in [-0.1, -0.05) is 23.7 Å². The Bertz CT molecular complexity index is 1290. The number of carbonyl (C=O) groups is 1. The van der Waals surface area contributed by atoms with Crippen LogP contribution in [0.2, 0.25) is 5.02 Å². The predicted molar refractivity (Wildman–Crippen MR) is 119 cm³/mol. The Balaban J connectivity index is 1.51. The second kappa shape index (κ2) is 8.22. The van der Waals surface area contributed by atoms with E-state index in [2.05, 4.69) is 15.6 Å². The Morgan fingerprint density at radius 3 is 2.73 bits per heavy atom. The van der Waals surface area contributed by atoms with Crippen molar-refractivity contribution < 1.29 is 13.6 Å². The maximum Gasteiger partial charge on any atom is 0.257 e. The molecule has 0 atom stereocenters. The summed E-state index contributed by atoms with van der Waals surface area (Å²) in [6.07, 6.45) is 0. The number of benzene rings is 3. The number of anilines is 1. The quantitative estimate of drug-likeness (QED) is 0.399. The fraction of sp³-hybridized carbons (Fsp3) is 0.0455. The molecule has 0 unspecified atom stereocenters. The average molecular weight is 440 g/mol. The van der Waals surface area contributed by atoms with Crippen LogP contribution in [0.5, 0.6) is 0 Å². The van der Waals surface area contributed by atoms with Crippen LogP contribution >= 0.6 is 23.8 Å². The van der Waals surface area contributed by atoms with Gasteiger partial charge in [-0.05, 0) is 73.2 Å². The smallest absolute Gasteiger partial charge is 0.257 e. The van der Waals surface area contributed by atoms with E-state index in [0.717, 1.165) is 11.6 Å². The third-order valence-corrected chi connectivity index (χ3v) is 4.83. The van der Waals surface area contributed by atoms with Gasteiger partial charge in [0.25, 0.3) is 5.91 Å². The summed E-state index contributed by atoms with van der Waals surface area (Å²) in [6, 6.07) is 16.2. The molecule has 0 bridgehead atoms. The molecular formula is C22H15ClFN3O2S. The van der Waals surface area contributed by atoms with Crippen LogP contribution in [0.25, 0.3) is 22.6 Å². The van der Waals surface area contributed by atoms with Crippen LogP contribution in [0.1, 0.15) is 15.9 Å². The minimum Gasteiger partial charge on any atom is -0.436 e. The molecule has 1 heterocycles. The summed E-state index contributed by atoms with van der Waals surface area (Å²) in [5.41, 5.74) is 3.71. The summed E-state index contributed by atoms with van der Waals surface area (Å²) >= 11 is 11.5. The lowest BCUT2D eigenvalue weighted by molar-refractivity contribution is 0.0977. The van der Waals surface area contributed by atoms with Crippen LogP contribution in [0.3, 0.4) is 0 Å². The minimum absolute atomic E-state index is 0.0777. The SMILES string of the molecule is Cc1ccc(-c2nc3cc(NC(=S)NC(=O)c4cccc(F)c4)ccc3o2)c(Cl)c1. The van der Waals surface area contributed by atoms with Crippen molar-refractivity contribution >= 4 is 51.6 Å². The highest BCUT2D eigenvalue weighted by atomic mass is 35.5. The number of rotatable bonds is 3. The number of hydrogen-bond donors (Lipinski definition) is 2. The van der Waals surface area contributed by atoms with Gasteiger partial charge < -0.3 is 9.73 Å². The van der Waals surface area contributed by atoms with E-state index in [4.69, 9.17) is 28.2 Å². The molecule has 150 valence electrons. The lowest BCUT2D eigenvalue weighted by Crippen LogP contribution is -2.34. The highest BCUT2D eigenvalue weighted by Gasteiger charge is 2.13. The molecule has 0 aliphatic heterocycles. The number of aromatic nitrogens is 1. The molecule has 4 aromatic rings. The van der Waals surface area contributed by atoms with Crippen LogP contribution in [0, 0.1) is 12.7 Å². The first-order valence-electron chi connectivity index (χ1n) is 8.94. The first kappa shape index (κ1) is 20.0. The third kappa shape index (κ3) is 4.32. The van der Waals surface area contributed by atoms with E-state index in [-0.39, 0.29) is 10.7 Å². The van der Waals surface area contributed by atoms with Gasteiger partial charge in [-0.15, -0.1) is 0 Å². The Morgan fingerprint density at radius 2 is 1.97 bits per heavy atom. The molecule has 0 saturated heterocycles. The van der Waals surface area contributed by atoms with E-state index in [9.17, 15) is 9.18 Å². The molecule has 0 spiro atoms. The number of fused-ring (bicyclic) bond motifs is 1. The first-order chi connectivity index (χ1) is 14.4. The van der Waals surface area contributed by atoms with Gasteiger partial charge in [0.2, 0.25) is 5.89 Å². The van der Waals surface area contributed by atoms with E-state index >= 15 is 0 Å². The van der Waals surface area contributed by atoms with Crippen molar-refractivity contribution in [3.05, 3.63) is 82.6 Å².